The third-order valence-corrected chi connectivity index (χ3v) is 6.48. The number of hydrogen-bond donors (Lipinski definition) is 0. The number of nitrogens with zero attached hydrogens (tertiary/aromatic N) is 2. The van der Waals surface area contributed by atoms with Gasteiger partial charge in [0.1, 0.15) is 0 Å². The molecule has 0 saturated carbocycles. The highest BCUT2D eigenvalue weighted by molar-refractivity contribution is 6.34. The summed E-state index contributed by atoms with van der Waals surface area (Å²) >= 11 is 0. The Morgan fingerprint density at radius 3 is 1.79 bits per heavy atom. The molecule has 34 heavy (non-hydrogen) atoms. The molecule has 6 rings (SSSR count). The molecule has 2 aliphatic carbocycles. The van der Waals surface area contributed by atoms with Gasteiger partial charge >= 0.3 is 0 Å². The van der Waals surface area contributed by atoms with Crippen molar-refractivity contribution in [1.29, 1.82) is 5.26 Å². The SMILES string of the molecule is CN(C1=C2C(=C(C#Cc3ccc(C#N)cc3)c3ccccc32)c2ccccc21)c1ccccc1. The fraction of sp³-hybridized carbons (Fsp3) is 0.0312. The van der Waals surface area contributed by atoms with E-state index in [1.807, 2.05) is 30.3 Å². The van der Waals surface area contributed by atoms with Crippen LogP contribution in [0.4, 0.5) is 5.69 Å². The predicted molar refractivity (Wildman–Crippen MR) is 139 cm³/mol. The monoisotopic (exact) mass is 432 g/mol. The van der Waals surface area contributed by atoms with E-state index in [4.69, 9.17) is 5.26 Å². The van der Waals surface area contributed by atoms with Crippen LogP contribution in [0.5, 0.6) is 0 Å². The van der Waals surface area contributed by atoms with Crippen molar-refractivity contribution in [2.24, 2.45) is 0 Å². The number of benzene rings is 4. The van der Waals surface area contributed by atoms with Gasteiger partial charge < -0.3 is 4.90 Å². The second kappa shape index (κ2) is 7.96. The van der Waals surface area contributed by atoms with Gasteiger partial charge in [-0.05, 0) is 53.1 Å². The molecule has 0 bridgehead atoms. The van der Waals surface area contributed by atoms with E-state index in [1.54, 1.807) is 0 Å². The molecule has 0 atom stereocenters. The number of anilines is 1. The first kappa shape index (κ1) is 19.9. The van der Waals surface area contributed by atoms with Crippen molar-refractivity contribution < 1.29 is 0 Å². The van der Waals surface area contributed by atoms with E-state index in [0.29, 0.717) is 5.56 Å². The van der Waals surface area contributed by atoms with Gasteiger partial charge in [0.05, 0.1) is 17.3 Å². The van der Waals surface area contributed by atoms with Gasteiger partial charge in [0.2, 0.25) is 0 Å². The normalized spacial score (nSPS) is 12.9. The van der Waals surface area contributed by atoms with E-state index in [2.05, 4.69) is 103 Å². The van der Waals surface area contributed by atoms with Crippen LogP contribution in [0.3, 0.4) is 0 Å². The maximum atomic E-state index is 9.09. The highest BCUT2D eigenvalue weighted by Crippen LogP contribution is 2.56. The molecule has 0 unspecified atom stereocenters. The molecule has 2 aliphatic rings. The summed E-state index contributed by atoms with van der Waals surface area (Å²) in [5.41, 5.74) is 12.2. The summed E-state index contributed by atoms with van der Waals surface area (Å²) in [5.74, 6) is 6.84. The van der Waals surface area contributed by atoms with E-state index in [0.717, 1.165) is 16.8 Å². The first-order chi connectivity index (χ1) is 16.8. The van der Waals surface area contributed by atoms with Crippen LogP contribution in [0.1, 0.15) is 33.4 Å². The molecule has 0 saturated heterocycles. The molecule has 0 fully saturated rings. The average molecular weight is 433 g/mol. The number of nitriles is 1. The first-order valence-electron chi connectivity index (χ1n) is 11.3. The van der Waals surface area contributed by atoms with E-state index in [9.17, 15) is 0 Å². The zero-order chi connectivity index (χ0) is 23.1. The Kier molecular flexibility index (Phi) is 4.65. The lowest BCUT2D eigenvalue weighted by Crippen LogP contribution is -2.15. The largest absolute Gasteiger partial charge is 0.344 e. The number of fused-ring (bicyclic) bond motifs is 5. The Labute approximate surface area is 199 Å². The highest BCUT2D eigenvalue weighted by Gasteiger charge is 2.37. The van der Waals surface area contributed by atoms with E-state index in [-0.39, 0.29) is 0 Å². The van der Waals surface area contributed by atoms with Gasteiger partial charge in [-0.3, -0.25) is 0 Å². The smallest absolute Gasteiger partial charge is 0.0991 e. The average Bonchev–Trinajstić information content (AvgIpc) is 3.41. The first-order valence-corrected chi connectivity index (χ1v) is 11.3. The van der Waals surface area contributed by atoms with Crippen LogP contribution >= 0.6 is 0 Å². The highest BCUT2D eigenvalue weighted by atomic mass is 15.1. The Morgan fingerprint density at radius 1 is 0.559 bits per heavy atom. The van der Waals surface area contributed by atoms with Crippen LogP contribution in [-0.4, -0.2) is 7.05 Å². The Hall–Kier alpha value is -4.79. The zero-order valence-corrected chi connectivity index (χ0v) is 18.7. The second-order valence-electron chi connectivity index (χ2n) is 8.40. The quantitative estimate of drug-likeness (QED) is 0.324. The fourth-order valence-electron chi connectivity index (χ4n) is 4.89. The summed E-state index contributed by atoms with van der Waals surface area (Å²) < 4.78 is 0. The minimum absolute atomic E-state index is 0.641. The van der Waals surface area contributed by atoms with Gasteiger partial charge in [0.15, 0.2) is 0 Å². The molecular formula is C32H20N2. The molecule has 4 aromatic rings. The zero-order valence-electron chi connectivity index (χ0n) is 18.7. The Morgan fingerprint density at radius 2 is 1.12 bits per heavy atom. The van der Waals surface area contributed by atoms with Crippen molar-refractivity contribution in [3.63, 3.8) is 0 Å². The van der Waals surface area contributed by atoms with Crippen molar-refractivity contribution in [2.45, 2.75) is 0 Å². The van der Waals surface area contributed by atoms with Gasteiger partial charge in [-0.15, -0.1) is 0 Å². The predicted octanol–water partition coefficient (Wildman–Crippen LogP) is 6.85. The molecule has 0 amide bonds. The number of hydrogen-bond acceptors (Lipinski definition) is 2. The third kappa shape index (κ3) is 3.06. The topological polar surface area (TPSA) is 27.0 Å². The standard InChI is InChI=1S/C32H20N2/c1-34(24-9-3-2-4-10-24)32-29-14-8-7-13-27(29)30-28(25-11-5-6-12-26(25)31(30)32)20-19-22-15-17-23(21-33)18-16-22/h2-18H,1H3. The van der Waals surface area contributed by atoms with Gasteiger partial charge in [-0.25, -0.2) is 0 Å². The molecular weight excluding hydrogens is 412 g/mol. The van der Waals surface area contributed by atoms with E-state index in [1.165, 1.54) is 39.1 Å². The van der Waals surface area contributed by atoms with Crippen molar-refractivity contribution in [2.75, 3.05) is 11.9 Å². The molecule has 0 radical (unpaired) electrons. The van der Waals surface area contributed by atoms with Crippen LogP contribution < -0.4 is 4.90 Å². The maximum absolute atomic E-state index is 9.09. The number of rotatable bonds is 2. The van der Waals surface area contributed by atoms with E-state index >= 15 is 0 Å². The van der Waals surface area contributed by atoms with Gasteiger partial charge in [-0.2, -0.15) is 5.26 Å². The summed E-state index contributed by atoms with van der Waals surface area (Å²) in [6.07, 6.45) is 0. The minimum Gasteiger partial charge on any atom is -0.344 e. The summed E-state index contributed by atoms with van der Waals surface area (Å²) in [6.45, 7) is 0. The van der Waals surface area contributed by atoms with Crippen molar-refractivity contribution >= 4 is 28.1 Å². The lowest BCUT2D eigenvalue weighted by molar-refractivity contribution is 1.23. The van der Waals surface area contributed by atoms with Gasteiger partial charge in [0, 0.05) is 40.6 Å². The molecule has 0 spiro atoms. The lowest BCUT2D eigenvalue weighted by atomic mass is 9.99. The molecule has 0 aromatic heterocycles. The molecule has 0 N–H and O–H groups in total. The second-order valence-corrected chi connectivity index (χ2v) is 8.40. The van der Waals surface area contributed by atoms with E-state index < -0.39 is 0 Å². The van der Waals surface area contributed by atoms with Crippen molar-refractivity contribution in [3.8, 4) is 17.9 Å². The summed E-state index contributed by atoms with van der Waals surface area (Å²) in [4.78, 5) is 2.29. The maximum Gasteiger partial charge on any atom is 0.0991 e. The van der Waals surface area contributed by atoms with Crippen LogP contribution in [0.15, 0.2) is 103 Å². The molecule has 4 aromatic carbocycles. The molecule has 2 heteroatoms. The number of allylic oxidation sites excluding steroid dienone is 3. The summed E-state index contributed by atoms with van der Waals surface area (Å²) in [6, 6.07) is 37.3. The van der Waals surface area contributed by atoms with Crippen LogP contribution in [0.2, 0.25) is 0 Å². The van der Waals surface area contributed by atoms with Crippen LogP contribution in [-0.2, 0) is 0 Å². The van der Waals surface area contributed by atoms with Crippen molar-refractivity contribution in [1.82, 2.24) is 0 Å². The fourth-order valence-corrected chi connectivity index (χ4v) is 4.89. The Bertz CT molecular complexity index is 1600. The summed E-state index contributed by atoms with van der Waals surface area (Å²) in [5, 5.41) is 9.09. The van der Waals surface area contributed by atoms with Crippen molar-refractivity contribution in [3.05, 3.63) is 137 Å². The Balaban J connectivity index is 1.60. The lowest BCUT2D eigenvalue weighted by Gasteiger charge is -2.23. The molecule has 158 valence electrons. The minimum atomic E-state index is 0.641. The molecule has 0 heterocycles. The molecule has 0 aliphatic heterocycles. The summed E-state index contributed by atoms with van der Waals surface area (Å²) in [7, 11) is 2.14. The van der Waals surface area contributed by atoms with Crippen LogP contribution in [0.25, 0.3) is 22.4 Å². The molecule has 2 nitrogen and oxygen atoms in total. The van der Waals surface area contributed by atoms with Crippen LogP contribution in [0, 0.1) is 23.2 Å². The third-order valence-electron chi connectivity index (χ3n) is 6.48. The van der Waals surface area contributed by atoms with Gasteiger partial charge in [0.25, 0.3) is 0 Å². The van der Waals surface area contributed by atoms with Gasteiger partial charge in [-0.1, -0.05) is 78.6 Å². The number of para-hydroxylation sites is 1.